The van der Waals surface area contributed by atoms with Crippen LogP contribution in [0.15, 0.2) is 0 Å². The van der Waals surface area contributed by atoms with E-state index in [9.17, 15) is 9.59 Å². The lowest BCUT2D eigenvalue weighted by Crippen LogP contribution is -2.41. The third kappa shape index (κ3) is 1.36. The molecule has 0 unspecified atom stereocenters. The third-order valence-corrected chi connectivity index (χ3v) is 3.42. The SMILES string of the molecule is COC(=O)[C@@H]1C[C@H]2CC[C@H]1CC2=O. The highest BCUT2D eigenvalue weighted by atomic mass is 16.5. The van der Waals surface area contributed by atoms with E-state index in [0.29, 0.717) is 12.2 Å². The average Bonchev–Trinajstić information content (AvgIpc) is 2.17. The molecule has 0 heterocycles. The molecule has 72 valence electrons. The van der Waals surface area contributed by atoms with Crippen molar-refractivity contribution in [1.29, 1.82) is 0 Å². The molecule has 3 heteroatoms. The molecule has 0 amide bonds. The van der Waals surface area contributed by atoms with Gasteiger partial charge in [0.15, 0.2) is 0 Å². The zero-order chi connectivity index (χ0) is 9.42. The van der Waals surface area contributed by atoms with Gasteiger partial charge in [0.1, 0.15) is 5.78 Å². The number of carbonyl (C=O) groups excluding carboxylic acids is 2. The van der Waals surface area contributed by atoms with Crippen LogP contribution in [0, 0.1) is 17.8 Å². The van der Waals surface area contributed by atoms with Crippen LogP contribution < -0.4 is 0 Å². The first-order chi connectivity index (χ1) is 6.22. The molecule has 0 aromatic carbocycles. The summed E-state index contributed by atoms with van der Waals surface area (Å²) in [7, 11) is 1.42. The molecule has 0 saturated heterocycles. The molecule has 3 atom stereocenters. The fraction of sp³-hybridized carbons (Fsp3) is 0.800. The fourth-order valence-corrected chi connectivity index (χ4v) is 2.64. The second kappa shape index (κ2) is 3.13. The van der Waals surface area contributed by atoms with Gasteiger partial charge in [-0.25, -0.2) is 0 Å². The first-order valence-electron chi connectivity index (χ1n) is 4.83. The summed E-state index contributed by atoms with van der Waals surface area (Å²) in [4.78, 5) is 22.7. The van der Waals surface area contributed by atoms with E-state index in [1.54, 1.807) is 0 Å². The van der Waals surface area contributed by atoms with Crippen molar-refractivity contribution in [3.05, 3.63) is 0 Å². The quantitative estimate of drug-likeness (QED) is 0.571. The number of carbonyl (C=O) groups is 2. The van der Waals surface area contributed by atoms with E-state index < -0.39 is 0 Å². The minimum Gasteiger partial charge on any atom is -0.469 e. The molecule has 0 aliphatic heterocycles. The largest absolute Gasteiger partial charge is 0.469 e. The number of esters is 1. The maximum absolute atomic E-state index is 11.4. The summed E-state index contributed by atoms with van der Waals surface area (Å²) in [6, 6.07) is 0. The predicted octanol–water partition coefficient (Wildman–Crippen LogP) is 1.16. The van der Waals surface area contributed by atoms with Gasteiger partial charge in [-0.2, -0.15) is 0 Å². The highest BCUT2D eigenvalue weighted by Gasteiger charge is 2.44. The molecule has 0 spiro atoms. The summed E-state index contributed by atoms with van der Waals surface area (Å²) in [5.41, 5.74) is 0. The van der Waals surface area contributed by atoms with Crippen molar-refractivity contribution in [3.8, 4) is 0 Å². The molecule has 13 heavy (non-hydrogen) atoms. The first kappa shape index (κ1) is 8.73. The highest BCUT2D eigenvalue weighted by molar-refractivity contribution is 5.86. The molecule has 3 saturated carbocycles. The summed E-state index contributed by atoms with van der Waals surface area (Å²) >= 11 is 0. The number of hydrogen-bond donors (Lipinski definition) is 0. The molecule has 3 rings (SSSR count). The van der Waals surface area contributed by atoms with Crippen molar-refractivity contribution in [2.45, 2.75) is 25.7 Å². The maximum atomic E-state index is 11.4. The Bertz CT molecular complexity index is 247. The summed E-state index contributed by atoms with van der Waals surface area (Å²) in [6.07, 6.45) is 3.34. The van der Waals surface area contributed by atoms with Crippen LogP contribution in [0.25, 0.3) is 0 Å². The van der Waals surface area contributed by atoms with Crippen molar-refractivity contribution in [1.82, 2.24) is 0 Å². The van der Waals surface area contributed by atoms with Gasteiger partial charge in [-0.3, -0.25) is 9.59 Å². The molecule has 3 aliphatic carbocycles. The normalized spacial score (nSPS) is 37.6. The number of rotatable bonds is 1. The summed E-state index contributed by atoms with van der Waals surface area (Å²) in [5.74, 6) is 0.652. The first-order valence-corrected chi connectivity index (χ1v) is 4.83. The number of hydrogen-bond acceptors (Lipinski definition) is 3. The number of Topliss-reactive ketones (excluding diaryl/α,β-unsaturated/α-hetero) is 1. The van der Waals surface area contributed by atoms with Crippen molar-refractivity contribution in [2.24, 2.45) is 17.8 Å². The van der Waals surface area contributed by atoms with Crippen molar-refractivity contribution < 1.29 is 14.3 Å². The third-order valence-electron chi connectivity index (χ3n) is 3.42. The summed E-state index contributed by atoms with van der Waals surface area (Å²) in [5, 5.41) is 0. The Hall–Kier alpha value is -0.860. The van der Waals surface area contributed by atoms with Gasteiger partial charge in [0, 0.05) is 12.3 Å². The van der Waals surface area contributed by atoms with Crippen LogP contribution in [0.2, 0.25) is 0 Å². The lowest BCUT2D eigenvalue weighted by Gasteiger charge is -2.39. The molecule has 3 nitrogen and oxygen atoms in total. The fourth-order valence-electron chi connectivity index (χ4n) is 2.64. The maximum Gasteiger partial charge on any atom is 0.308 e. The molecule has 3 aliphatic rings. The van der Waals surface area contributed by atoms with Crippen molar-refractivity contribution in [3.63, 3.8) is 0 Å². The number of fused-ring (bicyclic) bond motifs is 3. The molecular weight excluding hydrogens is 168 g/mol. The Balaban J connectivity index is 2.10. The topological polar surface area (TPSA) is 43.4 Å². The van der Waals surface area contributed by atoms with E-state index in [-0.39, 0.29) is 23.7 Å². The van der Waals surface area contributed by atoms with Gasteiger partial charge in [0.25, 0.3) is 0 Å². The van der Waals surface area contributed by atoms with Gasteiger partial charge >= 0.3 is 5.97 Å². The van der Waals surface area contributed by atoms with Gasteiger partial charge in [-0.15, -0.1) is 0 Å². The lowest BCUT2D eigenvalue weighted by molar-refractivity contribution is -0.153. The Kier molecular flexibility index (Phi) is 2.10. The molecular formula is C10H14O3. The van der Waals surface area contributed by atoms with Crippen LogP contribution in [0.3, 0.4) is 0 Å². The molecule has 3 fully saturated rings. The lowest BCUT2D eigenvalue weighted by atomic mass is 9.64. The Morgan fingerprint density at radius 1 is 1.46 bits per heavy atom. The van der Waals surface area contributed by atoms with E-state index in [2.05, 4.69) is 0 Å². The number of ketones is 1. The summed E-state index contributed by atoms with van der Waals surface area (Å²) in [6.45, 7) is 0. The van der Waals surface area contributed by atoms with E-state index >= 15 is 0 Å². The molecule has 0 radical (unpaired) electrons. The monoisotopic (exact) mass is 182 g/mol. The van der Waals surface area contributed by atoms with E-state index in [0.717, 1.165) is 19.3 Å². The van der Waals surface area contributed by atoms with Crippen LogP contribution in [-0.4, -0.2) is 18.9 Å². The minimum atomic E-state index is -0.123. The average molecular weight is 182 g/mol. The van der Waals surface area contributed by atoms with Gasteiger partial charge in [0.05, 0.1) is 13.0 Å². The van der Waals surface area contributed by atoms with Crippen LogP contribution in [0.5, 0.6) is 0 Å². The number of methoxy groups -OCH3 is 1. The Labute approximate surface area is 77.4 Å². The van der Waals surface area contributed by atoms with Crippen LogP contribution in [0.4, 0.5) is 0 Å². The highest BCUT2D eigenvalue weighted by Crippen LogP contribution is 2.43. The van der Waals surface area contributed by atoms with E-state index in [1.165, 1.54) is 7.11 Å². The smallest absolute Gasteiger partial charge is 0.308 e. The van der Waals surface area contributed by atoms with Gasteiger partial charge < -0.3 is 4.74 Å². The standard InChI is InChI=1S/C10H14O3/c1-13-10(12)8-4-7-3-2-6(8)5-9(7)11/h6-8H,2-5H2,1H3/t6-,7+,8+/m0/s1. The van der Waals surface area contributed by atoms with Gasteiger partial charge in [-0.05, 0) is 25.2 Å². The second-order valence-electron chi connectivity index (χ2n) is 4.07. The van der Waals surface area contributed by atoms with Crippen LogP contribution in [-0.2, 0) is 14.3 Å². The summed E-state index contributed by atoms with van der Waals surface area (Å²) < 4.78 is 4.73. The number of ether oxygens (including phenoxy) is 1. The molecule has 0 aromatic heterocycles. The van der Waals surface area contributed by atoms with Crippen molar-refractivity contribution in [2.75, 3.05) is 7.11 Å². The second-order valence-corrected chi connectivity index (χ2v) is 4.07. The Morgan fingerprint density at radius 2 is 2.23 bits per heavy atom. The molecule has 0 aromatic rings. The zero-order valence-electron chi connectivity index (χ0n) is 7.79. The molecule has 0 N–H and O–H groups in total. The molecule has 2 bridgehead atoms. The van der Waals surface area contributed by atoms with E-state index in [1.807, 2.05) is 0 Å². The van der Waals surface area contributed by atoms with Crippen molar-refractivity contribution >= 4 is 11.8 Å². The zero-order valence-corrected chi connectivity index (χ0v) is 7.79. The van der Waals surface area contributed by atoms with Gasteiger partial charge in [0.2, 0.25) is 0 Å². The predicted molar refractivity (Wildman–Crippen MR) is 46.0 cm³/mol. The Morgan fingerprint density at radius 3 is 2.69 bits per heavy atom. The van der Waals surface area contributed by atoms with Crippen LogP contribution >= 0.6 is 0 Å². The van der Waals surface area contributed by atoms with Gasteiger partial charge in [-0.1, -0.05) is 0 Å². The van der Waals surface area contributed by atoms with Crippen LogP contribution in [0.1, 0.15) is 25.7 Å². The van der Waals surface area contributed by atoms with E-state index in [4.69, 9.17) is 4.74 Å². The minimum absolute atomic E-state index is 0.00134.